The maximum Gasteiger partial charge on any atom is 0.180 e. The summed E-state index contributed by atoms with van der Waals surface area (Å²) in [6.45, 7) is 3.88. The van der Waals surface area contributed by atoms with Crippen molar-refractivity contribution in [3.8, 4) is 0 Å². The summed E-state index contributed by atoms with van der Waals surface area (Å²) in [6, 6.07) is 7.10. The molecule has 0 amide bonds. The van der Waals surface area contributed by atoms with Crippen LogP contribution in [-0.2, 0) is 9.84 Å². The molecule has 1 aromatic carbocycles. The number of anilines is 1. The fraction of sp³-hybridized carbons (Fsp3) is 0.538. The summed E-state index contributed by atoms with van der Waals surface area (Å²) in [5.74, 6) is 0.627. The molecule has 0 radical (unpaired) electrons. The lowest BCUT2D eigenvalue weighted by atomic mass is 10.2. The Labute approximate surface area is 114 Å². The molecule has 3 nitrogen and oxygen atoms in total. The van der Waals surface area contributed by atoms with Crippen LogP contribution in [0.1, 0.15) is 26.7 Å². The highest BCUT2D eigenvalue weighted by Gasteiger charge is 2.18. The molecule has 0 saturated carbocycles. The van der Waals surface area contributed by atoms with Gasteiger partial charge in [0.1, 0.15) is 0 Å². The van der Waals surface area contributed by atoms with Crippen molar-refractivity contribution in [1.82, 2.24) is 0 Å². The van der Waals surface area contributed by atoms with Crippen molar-refractivity contribution in [2.75, 3.05) is 16.9 Å². The largest absolute Gasteiger partial charge is 0.380 e. The van der Waals surface area contributed by atoms with Crippen molar-refractivity contribution < 1.29 is 8.42 Å². The van der Waals surface area contributed by atoms with E-state index in [2.05, 4.69) is 5.32 Å². The Morgan fingerprint density at radius 1 is 1.28 bits per heavy atom. The Hall–Kier alpha value is -0.740. The number of sulfone groups is 1. The van der Waals surface area contributed by atoms with Gasteiger partial charge in [-0.15, -0.1) is 11.6 Å². The van der Waals surface area contributed by atoms with E-state index in [9.17, 15) is 8.42 Å². The highest BCUT2D eigenvalue weighted by Crippen LogP contribution is 2.23. The maximum atomic E-state index is 12.1. The molecule has 0 aromatic heterocycles. The van der Waals surface area contributed by atoms with Crippen LogP contribution in [0.25, 0.3) is 0 Å². The summed E-state index contributed by atoms with van der Waals surface area (Å²) in [6.07, 6.45) is 1.47. The molecule has 0 saturated heterocycles. The quantitative estimate of drug-likeness (QED) is 0.784. The van der Waals surface area contributed by atoms with Gasteiger partial charge in [-0.3, -0.25) is 0 Å². The summed E-state index contributed by atoms with van der Waals surface area (Å²) in [4.78, 5) is 0.371. The standard InChI is InChI=1S/C13H20ClNO2S/c1-3-9-18(16,17)13-8-6-5-7-12(13)15-11(4-2)10-14/h5-8,11,15H,3-4,9-10H2,1-2H3. The number of hydrogen-bond acceptors (Lipinski definition) is 3. The summed E-state index contributed by atoms with van der Waals surface area (Å²) in [7, 11) is -3.21. The van der Waals surface area contributed by atoms with Crippen LogP contribution in [0.15, 0.2) is 29.2 Å². The van der Waals surface area contributed by atoms with Crippen molar-refractivity contribution in [3.05, 3.63) is 24.3 Å². The monoisotopic (exact) mass is 289 g/mol. The van der Waals surface area contributed by atoms with E-state index in [1.165, 1.54) is 0 Å². The zero-order chi connectivity index (χ0) is 13.6. The van der Waals surface area contributed by atoms with E-state index < -0.39 is 9.84 Å². The minimum Gasteiger partial charge on any atom is -0.380 e. The van der Waals surface area contributed by atoms with Gasteiger partial charge in [-0.05, 0) is 25.0 Å². The molecule has 5 heteroatoms. The Kier molecular flexibility index (Phi) is 5.96. The van der Waals surface area contributed by atoms with Crippen LogP contribution < -0.4 is 5.32 Å². The van der Waals surface area contributed by atoms with Crippen molar-refractivity contribution in [1.29, 1.82) is 0 Å². The van der Waals surface area contributed by atoms with E-state index in [1.54, 1.807) is 18.2 Å². The highest BCUT2D eigenvalue weighted by atomic mass is 35.5. The number of nitrogens with one attached hydrogen (secondary N) is 1. The van der Waals surface area contributed by atoms with Gasteiger partial charge in [-0.25, -0.2) is 8.42 Å². The van der Waals surface area contributed by atoms with Crippen LogP contribution in [0.5, 0.6) is 0 Å². The van der Waals surface area contributed by atoms with Gasteiger partial charge in [0, 0.05) is 11.9 Å². The van der Waals surface area contributed by atoms with E-state index in [0.29, 0.717) is 22.9 Å². The molecule has 0 bridgehead atoms. The first kappa shape index (κ1) is 15.3. The lowest BCUT2D eigenvalue weighted by Gasteiger charge is -2.18. The Morgan fingerprint density at radius 2 is 1.94 bits per heavy atom. The molecule has 0 fully saturated rings. The minimum atomic E-state index is -3.21. The third-order valence-corrected chi connectivity index (χ3v) is 5.08. The second kappa shape index (κ2) is 7.00. The number of benzene rings is 1. The SMILES string of the molecule is CCCS(=O)(=O)c1ccccc1NC(CC)CCl. The van der Waals surface area contributed by atoms with Gasteiger partial charge in [-0.1, -0.05) is 26.0 Å². The van der Waals surface area contributed by atoms with Crippen LogP contribution in [0.2, 0.25) is 0 Å². The van der Waals surface area contributed by atoms with Crippen LogP contribution in [0.4, 0.5) is 5.69 Å². The molecular formula is C13H20ClNO2S. The lowest BCUT2D eigenvalue weighted by Crippen LogP contribution is -2.22. The van der Waals surface area contributed by atoms with Crippen molar-refractivity contribution in [3.63, 3.8) is 0 Å². The number of halogens is 1. The molecule has 0 aliphatic heterocycles. The Bertz CT molecular complexity index is 470. The maximum absolute atomic E-state index is 12.1. The second-order valence-electron chi connectivity index (χ2n) is 4.22. The first-order chi connectivity index (χ1) is 8.55. The Morgan fingerprint density at radius 3 is 2.50 bits per heavy atom. The summed E-state index contributed by atoms with van der Waals surface area (Å²) < 4.78 is 24.3. The number of hydrogen-bond donors (Lipinski definition) is 1. The van der Waals surface area contributed by atoms with Gasteiger partial charge in [-0.2, -0.15) is 0 Å². The molecule has 0 heterocycles. The normalized spacial score (nSPS) is 13.3. The Balaban J connectivity index is 3.07. The van der Waals surface area contributed by atoms with E-state index in [4.69, 9.17) is 11.6 Å². The molecular weight excluding hydrogens is 270 g/mol. The van der Waals surface area contributed by atoms with Gasteiger partial charge >= 0.3 is 0 Å². The van der Waals surface area contributed by atoms with Crippen LogP contribution in [0.3, 0.4) is 0 Å². The zero-order valence-electron chi connectivity index (χ0n) is 10.8. The zero-order valence-corrected chi connectivity index (χ0v) is 12.4. The number of para-hydroxylation sites is 1. The molecule has 1 unspecified atom stereocenters. The van der Waals surface area contributed by atoms with Gasteiger partial charge in [0.15, 0.2) is 9.84 Å². The molecule has 1 N–H and O–H groups in total. The second-order valence-corrected chi connectivity index (χ2v) is 6.61. The molecule has 18 heavy (non-hydrogen) atoms. The molecule has 0 aliphatic carbocycles. The van der Waals surface area contributed by atoms with Crippen LogP contribution in [0, 0.1) is 0 Å². The number of rotatable bonds is 7. The van der Waals surface area contributed by atoms with Crippen LogP contribution >= 0.6 is 11.6 Å². The smallest absolute Gasteiger partial charge is 0.180 e. The van der Waals surface area contributed by atoms with E-state index in [1.807, 2.05) is 19.9 Å². The molecule has 102 valence electrons. The first-order valence-corrected chi connectivity index (χ1v) is 8.38. The summed E-state index contributed by atoms with van der Waals surface area (Å²) in [5, 5.41) is 3.20. The average Bonchev–Trinajstić information content (AvgIpc) is 2.36. The highest BCUT2D eigenvalue weighted by molar-refractivity contribution is 7.91. The molecule has 1 rings (SSSR count). The predicted molar refractivity (Wildman–Crippen MR) is 77.2 cm³/mol. The summed E-state index contributed by atoms with van der Waals surface area (Å²) in [5.41, 5.74) is 0.651. The minimum absolute atomic E-state index is 0.0876. The van der Waals surface area contributed by atoms with E-state index in [0.717, 1.165) is 6.42 Å². The fourth-order valence-electron chi connectivity index (χ4n) is 1.71. The topological polar surface area (TPSA) is 46.2 Å². The third kappa shape index (κ3) is 3.89. The fourth-order valence-corrected chi connectivity index (χ4v) is 3.51. The molecule has 1 aromatic rings. The van der Waals surface area contributed by atoms with Crippen molar-refractivity contribution in [2.45, 2.75) is 37.6 Å². The predicted octanol–water partition coefficient (Wildman–Crippen LogP) is 3.30. The first-order valence-electron chi connectivity index (χ1n) is 6.19. The lowest BCUT2D eigenvalue weighted by molar-refractivity contribution is 0.594. The van der Waals surface area contributed by atoms with Crippen molar-refractivity contribution >= 4 is 27.1 Å². The van der Waals surface area contributed by atoms with Crippen molar-refractivity contribution in [2.24, 2.45) is 0 Å². The summed E-state index contributed by atoms with van der Waals surface area (Å²) >= 11 is 5.83. The van der Waals surface area contributed by atoms with Gasteiger partial charge < -0.3 is 5.32 Å². The van der Waals surface area contributed by atoms with Crippen LogP contribution in [-0.4, -0.2) is 26.1 Å². The molecule has 0 spiro atoms. The number of alkyl halides is 1. The van der Waals surface area contributed by atoms with E-state index >= 15 is 0 Å². The van der Waals surface area contributed by atoms with E-state index in [-0.39, 0.29) is 11.8 Å². The third-order valence-electron chi connectivity index (χ3n) is 2.73. The van der Waals surface area contributed by atoms with Gasteiger partial charge in [0.25, 0.3) is 0 Å². The van der Waals surface area contributed by atoms with Gasteiger partial charge in [0.2, 0.25) is 0 Å². The van der Waals surface area contributed by atoms with Gasteiger partial charge in [0.05, 0.1) is 16.3 Å². The molecule has 0 aliphatic rings. The average molecular weight is 290 g/mol. The molecule has 1 atom stereocenters.